The van der Waals surface area contributed by atoms with Crippen molar-refractivity contribution >= 4 is 0 Å². The highest BCUT2D eigenvalue weighted by Gasteiger charge is 2.08. The van der Waals surface area contributed by atoms with Crippen LogP contribution in [-0.4, -0.2) is 17.8 Å². The smallest absolute Gasteiger partial charge is 0.161 e. The first kappa shape index (κ1) is 17.4. The molecule has 0 radical (unpaired) electrons. The van der Waals surface area contributed by atoms with E-state index in [0.29, 0.717) is 13.2 Å². The van der Waals surface area contributed by atoms with Crippen molar-refractivity contribution < 1.29 is 14.6 Å². The van der Waals surface area contributed by atoms with Crippen LogP contribution in [0.3, 0.4) is 0 Å². The molecular formula is C20H26O3. The number of aliphatic hydroxyl groups excluding tert-OH is 1. The summed E-state index contributed by atoms with van der Waals surface area (Å²) in [7, 11) is 0. The summed E-state index contributed by atoms with van der Waals surface area (Å²) in [6, 6.07) is 14.3. The third-order valence-electron chi connectivity index (χ3n) is 3.67. The van der Waals surface area contributed by atoms with Crippen molar-refractivity contribution in [3.05, 3.63) is 59.2 Å². The summed E-state index contributed by atoms with van der Waals surface area (Å²) in [5.41, 5.74) is 3.53. The normalized spacial score (nSPS) is 12.0. The monoisotopic (exact) mass is 314 g/mol. The third-order valence-corrected chi connectivity index (χ3v) is 3.67. The summed E-state index contributed by atoms with van der Waals surface area (Å²) in [5, 5.41) is 9.41. The Morgan fingerprint density at radius 3 is 2.30 bits per heavy atom. The van der Waals surface area contributed by atoms with Gasteiger partial charge < -0.3 is 14.6 Å². The van der Waals surface area contributed by atoms with E-state index in [0.717, 1.165) is 35.5 Å². The van der Waals surface area contributed by atoms with Crippen molar-refractivity contribution in [2.75, 3.05) is 6.61 Å². The van der Waals surface area contributed by atoms with Crippen molar-refractivity contribution in [1.29, 1.82) is 0 Å². The molecular weight excluding hydrogens is 288 g/mol. The Labute approximate surface area is 138 Å². The van der Waals surface area contributed by atoms with Crippen LogP contribution in [0.25, 0.3) is 0 Å². The van der Waals surface area contributed by atoms with E-state index >= 15 is 0 Å². The lowest BCUT2D eigenvalue weighted by atomic mass is 10.1. The van der Waals surface area contributed by atoms with Crippen molar-refractivity contribution in [2.24, 2.45) is 0 Å². The summed E-state index contributed by atoms with van der Waals surface area (Å²) >= 11 is 0. The zero-order chi connectivity index (χ0) is 16.7. The van der Waals surface area contributed by atoms with Gasteiger partial charge in [0.1, 0.15) is 6.61 Å². The van der Waals surface area contributed by atoms with E-state index in [1.807, 2.05) is 32.0 Å². The second kappa shape index (κ2) is 8.59. The van der Waals surface area contributed by atoms with Crippen molar-refractivity contribution in [3.8, 4) is 11.5 Å². The zero-order valence-electron chi connectivity index (χ0n) is 14.2. The first-order chi connectivity index (χ1) is 11.1. The number of hydrogen-bond donors (Lipinski definition) is 1. The fourth-order valence-corrected chi connectivity index (χ4v) is 2.32. The molecule has 2 aromatic carbocycles. The van der Waals surface area contributed by atoms with Crippen LogP contribution in [0.1, 0.15) is 37.0 Å². The molecule has 23 heavy (non-hydrogen) atoms. The van der Waals surface area contributed by atoms with Gasteiger partial charge >= 0.3 is 0 Å². The minimum absolute atomic E-state index is 0.289. The standard InChI is InChI=1S/C20H26O3/c1-4-22-20-13-17(10-7-16(3)21)11-12-19(20)23-14-18-8-5-15(2)6-9-18/h5-6,8-9,11-13,16,21H,4,7,10,14H2,1-3H3. The molecule has 0 amide bonds. The van der Waals surface area contributed by atoms with Crippen LogP contribution in [0, 0.1) is 6.92 Å². The minimum atomic E-state index is -0.289. The molecule has 1 N–H and O–H groups in total. The number of aliphatic hydroxyl groups is 1. The topological polar surface area (TPSA) is 38.7 Å². The molecule has 2 aromatic rings. The maximum atomic E-state index is 9.41. The number of rotatable bonds is 8. The molecule has 0 fully saturated rings. The Morgan fingerprint density at radius 1 is 0.957 bits per heavy atom. The lowest BCUT2D eigenvalue weighted by molar-refractivity contribution is 0.185. The molecule has 0 aromatic heterocycles. The van der Waals surface area contributed by atoms with Crippen LogP contribution in [0.5, 0.6) is 11.5 Å². The van der Waals surface area contributed by atoms with Gasteiger partial charge in [0.2, 0.25) is 0 Å². The first-order valence-corrected chi connectivity index (χ1v) is 8.20. The van der Waals surface area contributed by atoms with Crippen molar-refractivity contribution in [3.63, 3.8) is 0 Å². The van der Waals surface area contributed by atoms with E-state index in [-0.39, 0.29) is 6.10 Å². The fraction of sp³-hybridized carbons (Fsp3) is 0.400. The van der Waals surface area contributed by atoms with Gasteiger partial charge in [-0.15, -0.1) is 0 Å². The number of benzene rings is 2. The van der Waals surface area contributed by atoms with Crippen LogP contribution < -0.4 is 9.47 Å². The Kier molecular flexibility index (Phi) is 6.48. The average molecular weight is 314 g/mol. The molecule has 3 heteroatoms. The van der Waals surface area contributed by atoms with Gasteiger partial charge in [0, 0.05) is 0 Å². The van der Waals surface area contributed by atoms with Gasteiger partial charge in [0.15, 0.2) is 11.5 Å². The fourth-order valence-electron chi connectivity index (χ4n) is 2.32. The molecule has 1 unspecified atom stereocenters. The second-order valence-corrected chi connectivity index (χ2v) is 5.88. The molecule has 0 aliphatic rings. The Bertz CT molecular complexity index is 603. The number of aryl methyl sites for hydroxylation is 2. The SMILES string of the molecule is CCOc1cc(CCC(C)O)ccc1OCc1ccc(C)cc1. The first-order valence-electron chi connectivity index (χ1n) is 8.20. The predicted octanol–water partition coefficient (Wildman–Crippen LogP) is 4.29. The van der Waals surface area contributed by atoms with E-state index in [9.17, 15) is 5.11 Å². The Morgan fingerprint density at radius 2 is 1.65 bits per heavy atom. The average Bonchev–Trinajstić information content (AvgIpc) is 2.54. The van der Waals surface area contributed by atoms with E-state index in [4.69, 9.17) is 9.47 Å². The molecule has 0 bridgehead atoms. The molecule has 1 atom stereocenters. The van der Waals surface area contributed by atoms with Crippen LogP contribution >= 0.6 is 0 Å². The van der Waals surface area contributed by atoms with Gasteiger partial charge in [0.25, 0.3) is 0 Å². The molecule has 2 rings (SSSR count). The highest BCUT2D eigenvalue weighted by Crippen LogP contribution is 2.30. The molecule has 3 nitrogen and oxygen atoms in total. The highest BCUT2D eigenvalue weighted by molar-refractivity contribution is 5.43. The van der Waals surface area contributed by atoms with Crippen LogP contribution in [0.15, 0.2) is 42.5 Å². The molecule has 0 aliphatic carbocycles. The molecule has 0 saturated carbocycles. The maximum absolute atomic E-state index is 9.41. The summed E-state index contributed by atoms with van der Waals surface area (Å²) in [4.78, 5) is 0. The predicted molar refractivity (Wildman–Crippen MR) is 93.1 cm³/mol. The van der Waals surface area contributed by atoms with E-state index < -0.39 is 0 Å². The summed E-state index contributed by atoms with van der Waals surface area (Å²) < 4.78 is 11.6. The maximum Gasteiger partial charge on any atom is 0.161 e. The third kappa shape index (κ3) is 5.61. The van der Waals surface area contributed by atoms with Gasteiger partial charge in [-0.1, -0.05) is 35.9 Å². The quantitative estimate of drug-likeness (QED) is 0.790. The van der Waals surface area contributed by atoms with Gasteiger partial charge in [0.05, 0.1) is 12.7 Å². The Hall–Kier alpha value is -2.00. The summed E-state index contributed by atoms with van der Waals surface area (Å²) in [5.74, 6) is 1.52. The molecule has 0 heterocycles. The van der Waals surface area contributed by atoms with Gasteiger partial charge in [-0.3, -0.25) is 0 Å². The van der Waals surface area contributed by atoms with Gasteiger partial charge in [-0.05, 0) is 56.9 Å². The molecule has 124 valence electrons. The summed E-state index contributed by atoms with van der Waals surface area (Å²) in [6.07, 6.45) is 1.29. The Balaban J connectivity index is 2.05. The lowest BCUT2D eigenvalue weighted by Gasteiger charge is -2.14. The van der Waals surface area contributed by atoms with Crippen molar-refractivity contribution in [2.45, 2.75) is 46.3 Å². The van der Waals surface area contributed by atoms with Gasteiger partial charge in [-0.25, -0.2) is 0 Å². The number of ether oxygens (including phenoxy) is 2. The second-order valence-electron chi connectivity index (χ2n) is 5.88. The zero-order valence-corrected chi connectivity index (χ0v) is 14.2. The highest BCUT2D eigenvalue weighted by atomic mass is 16.5. The van der Waals surface area contributed by atoms with E-state index in [1.54, 1.807) is 0 Å². The van der Waals surface area contributed by atoms with Crippen molar-refractivity contribution in [1.82, 2.24) is 0 Å². The van der Waals surface area contributed by atoms with E-state index in [1.165, 1.54) is 5.56 Å². The molecule has 0 saturated heterocycles. The largest absolute Gasteiger partial charge is 0.490 e. The summed E-state index contributed by atoms with van der Waals surface area (Å²) in [6.45, 7) is 6.96. The van der Waals surface area contributed by atoms with E-state index in [2.05, 4.69) is 31.2 Å². The minimum Gasteiger partial charge on any atom is -0.490 e. The van der Waals surface area contributed by atoms with Crippen LogP contribution in [0.2, 0.25) is 0 Å². The molecule has 0 aliphatic heterocycles. The number of hydrogen-bond acceptors (Lipinski definition) is 3. The van der Waals surface area contributed by atoms with Crippen LogP contribution in [0.4, 0.5) is 0 Å². The molecule has 0 spiro atoms. The van der Waals surface area contributed by atoms with Gasteiger partial charge in [-0.2, -0.15) is 0 Å². The lowest BCUT2D eigenvalue weighted by Crippen LogP contribution is -2.03. The van der Waals surface area contributed by atoms with Crippen LogP contribution in [-0.2, 0) is 13.0 Å².